The Balaban J connectivity index is 2.01. The lowest BCUT2D eigenvalue weighted by Gasteiger charge is -2.36. The van der Waals surface area contributed by atoms with Gasteiger partial charge in [0.15, 0.2) is 0 Å². The minimum atomic E-state index is -0.0803. The number of halogens is 2. The minimum Gasteiger partial charge on any atom is -0.507 e. The standard InChI is InChI=1S/C22H22Cl2N4O2/c1-4-21(30)27-7-9-28(10-8-27)22(26-3)17-12-15(18(24)13-19(17)25-2)16-11-14(23)5-6-20(16)29/h4-6,11-13,29H,1-2,7-10H2,3H3. The third kappa shape index (κ3) is 4.35. The van der Waals surface area contributed by atoms with Crippen LogP contribution < -0.4 is 0 Å². The molecule has 0 radical (unpaired) electrons. The van der Waals surface area contributed by atoms with Crippen molar-refractivity contribution >= 4 is 47.3 Å². The number of phenols is 1. The highest BCUT2D eigenvalue weighted by Crippen LogP contribution is 2.40. The minimum absolute atomic E-state index is 0.0677. The lowest BCUT2D eigenvalue weighted by atomic mass is 9.99. The number of amidine groups is 1. The number of aromatic hydroxyl groups is 1. The molecule has 0 saturated carbocycles. The zero-order valence-corrected chi connectivity index (χ0v) is 18.1. The Hall–Kier alpha value is -2.83. The Bertz CT molecular complexity index is 1030. The van der Waals surface area contributed by atoms with Gasteiger partial charge in [0.1, 0.15) is 11.6 Å². The molecule has 1 fully saturated rings. The maximum atomic E-state index is 11.9. The smallest absolute Gasteiger partial charge is 0.246 e. The zero-order chi connectivity index (χ0) is 21.8. The van der Waals surface area contributed by atoms with Crippen molar-refractivity contribution in [3.8, 4) is 16.9 Å². The molecule has 8 heteroatoms. The van der Waals surface area contributed by atoms with E-state index in [1.807, 2.05) is 6.07 Å². The SMILES string of the molecule is C=CC(=O)N1CCN(C(=NC)c2cc(-c3cc(Cl)ccc3O)c(Cl)cc2N=C)CC1. The summed E-state index contributed by atoms with van der Waals surface area (Å²) in [5.74, 6) is 0.698. The van der Waals surface area contributed by atoms with Crippen molar-refractivity contribution < 1.29 is 9.90 Å². The molecule has 1 N–H and O–H groups in total. The molecule has 0 atom stereocenters. The first kappa shape index (κ1) is 21.9. The summed E-state index contributed by atoms with van der Waals surface area (Å²) >= 11 is 12.6. The average molecular weight is 445 g/mol. The van der Waals surface area contributed by atoms with Crippen molar-refractivity contribution in [3.05, 3.63) is 58.6 Å². The summed E-state index contributed by atoms with van der Waals surface area (Å²) in [6.45, 7) is 9.56. The summed E-state index contributed by atoms with van der Waals surface area (Å²) in [6, 6.07) is 8.32. The van der Waals surface area contributed by atoms with E-state index in [0.717, 1.165) is 5.56 Å². The zero-order valence-electron chi connectivity index (χ0n) is 16.6. The first-order valence-corrected chi connectivity index (χ1v) is 10.1. The summed E-state index contributed by atoms with van der Waals surface area (Å²) in [7, 11) is 1.70. The number of carbonyl (C=O) groups excluding carboxylic acids is 1. The molecule has 6 nitrogen and oxygen atoms in total. The molecule has 156 valence electrons. The quantitative estimate of drug-likeness (QED) is 0.431. The second kappa shape index (κ2) is 9.32. The van der Waals surface area contributed by atoms with Crippen LogP contribution in [-0.4, -0.2) is 66.6 Å². The molecule has 3 rings (SSSR count). The van der Waals surface area contributed by atoms with Crippen LogP contribution in [0.1, 0.15) is 5.56 Å². The number of nitrogens with zero attached hydrogens (tertiary/aromatic N) is 4. The number of piperazine rings is 1. The molecule has 1 saturated heterocycles. The van der Waals surface area contributed by atoms with Crippen LogP contribution in [0.4, 0.5) is 5.69 Å². The predicted molar refractivity (Wildman–Crippen MR) is 124 cm³/mol. The Labute approximate surface area is 185 Å². The number of hydrogen-bond acceptors (Lipinski definition) is 4. The van der Waals surface area contributed by atoms with Gasteiger partial charge in [-0.1, -0.05) is 29.8 Å². The van der Waals surface area contributed by atoms with Gasteiger partial charge in [-0.2, -0.15) is 0 Å². The van der Waals surface area contributed by atoms with Crippen LogP contribution in [0.2, 0.25) is 10.0 Å². The number of rotatable bonds is 4. The molecule has 1 heterocycles. The molecule has 2 aromatic carbocycles. The van der Waals surface area contributed by atoms with Gasteiger partial charge in [0.05, 0.1) is 10.7 Å². The third-order valence-electron chi connectivity index (χ3n) is 5.02. The molecule has 0 aromatic heterocycles. The fourth-order valence-corrected chi connectivity index (χ4v) is 3.93. The van der Waals surface area contributed by atoms with Gasteiger partial charge in [-0.05, 0) is 43.1 Å². The Morgan fingerprint density at radius 3 is 2.37 bits per heavy atom. The van der Waals surface area contributed by atoms with Crippen LogP contribution in [0.3, 0.4) is 0 Å². The van der Waals surface area contributed by atoms with Gasteiger partial charge in [0.25, 0.3) is 0 Å². The topological polar surface area (TPSA) is 68.5 Å². The first-order valence-electron chi connectivity index (χ1n) is 9.32. The molecule has 1 aliphatic heterocycles. The molecule has 1 aliphatic rings. The summed E-state index contributed by atoms with van der Waals surface area (Å²) in [5, 5.41) is 11.2. The van der Waals surface area contributed by atoms with Crippen LogP contribution in [0.5, 0.6) is 5.75 Å². The van der Waals surface area contributed by atoms with Crippen LogP contribution in [0, 0.1) is 0 Å². The summed E-state index contributed by atoms with van der Waals surface area (Å²) in [4.78, 5) is 24.3. The fraction of sp³-hybridized carbons (Fsp3) is 0.227. The maximum Gasteiger partial charge on any atom is 0.246 e. The maximum absolute atomic E-state index is 11.9. The third-order valence-corrected chi connectivity index (χ3v) is 5.57. The van der Waals surface area contributed by atoms with E-state index in [-0.39, 0.29) is 11.7 Å². The largest absolute Gasteiger partial charge is 0.507 e. The molecule has 30 heavy (non-hydrogen) atoms. The van der Waals surface area contributed by atoms with Crippen LogP contribution >= 0.6 is 23.2 Å². The van der Waals surface area contributed by atoms with E-state index in [4.69, 9.17) is 23.2 Å². The predicted octanol–water partition coefficient (Wildman–Crippen LogP) is 4.40. The lowest BCUT2D eigenvalue weighted by Crippen LogP contribution is -2.50. The van der Waals surface area contributed by atoms with E-state index < -0.39 is 0 Å². The second-order valence-electron chi connectivity index (χ2n) is 6.73. The van der Waals surface area contributed by atoms with Crippen molar-refractivity contribution in [2.45, 2.75) is 0 Å². The van der Waals surface area contributed by atoms with Gasteiger partial charge in [-0.3, -0.25) is 14.8 Å². The van der Waals surface area contributed by atoms with Crippen LogP contribution in [0.25, 0.3) is 11.1 Å². The Kier molecular flexibility index (Phi) is 6.80. The highest BCUT2D eigenvalue weighted by atomic mass is 35.5. The molecular weight excluding hydrogens is 423 g/mol. The van der Waals surface area contributed by atoms with E-state index in [1.54, 1.807) is 30.1 Å². The monoisotopic (exact) mass is 444 g/mol. The summed E-state index contributed by atoms with van der Waals surface area (Å²) in [5.41, 5.74) is 2.44. The molecule has 0 bridgehead atoms. The van der Waals surface area contributed by atoms with Crippen LogP contribution in [-0.2, 0) is 4.79 Å². The average Bonchev–Trinajstić information content (AvgIpc) is 2.76. The Morgan fingerprint density at radius 1 is 1.10 bits per heavy atom. The molecule has 0 spiro atoms. The molecule has 2 aromatic rings. The van der Waals surface area contributed by atoms with E-state index in [1.165, 1.54) is 12.1 Å². The van der Waals surface area contributed by atoms with Gasteiger partial charge in [-0.25, -0.2) is 0 Å². The van der Waals surface area contributed by atoms with Gasteiger partial charge in [-0.15, -0.1) is 0 Å². The number of benzene rings is 2. The molecule has 0 aliphatic carbocycles. The van der Waals surface area contributed by atoms with Crippen molar-refractivity contribution in [1.29, 1.82) is 0 Å². The highest BCUT2D eigenvalue weighted by molar-refractivity contribution is 6.34. The molecule has 0 unspecified atom stereocenters. The van der Waals surface area contributed by atoms with Gasteiger partial charge in [0.2, 0.25) is 5.91 Å². The normalized spacial score (nSPS) is 14.6. The van der Waals surface area contributed by atoms with Crippen molar-refractivity contribution in [2.24, 2.45) is 9.98 Å². The van der Waals surface area contributed by atoms with Crippen molar-refractivity contribution in [1.82, 2.24) is 9.80 Å². The van der Waals surface area contributed by atoms with Gasteiger partial charge < -0.3 is 14.9 Å². The van der Waals surface area contributed by atoms with Gasteiger partial charge >= 0.3 is 0 Å². The fourth-order valence-electron chi connectivity index (χ4n) is 3.50. The van der Waals surface area contributed by atoms with Crippen LogP contribution in [0.15, 0.2) is 53.0 Å². The van der Waals surface area contributed by atoms with E-state index in [2.05, 4.69) is 28.2 Å². The number of amides is 1. The van der Waals surface area contributed by atoms with E-state index >= 15 is 0 Å². The number of aliphatic imine (C=N–C) groups is 2. The highest BCUT2D eigenvalue weighted by Gasteiger charge is 2.25. The summed E-state index contributed by atoms with van der Waals surface area (Å²) < 4.78 is 0. The second-order valence-corrected chi connectivity index (χ2v) is 7.58. The van der Waals surface area contributed by atoms with E-state index in [9.17, 15) is 9.90 Å². The molecular formula is C22H22Cl2N4O2. The number of phenolic OH excluding ortho intramolecular Hbond substituents is 1. The lowest BCUT2D eigenvalue weighted by molar-refractivity contribution is -0.127. The Morgan fingerprint density at radius 2 is 1.77 bits per heavy atom. The van der Waals surface area contributed by atoms with E-state index in [0.29, 0.717) is 58.9 Å². The van der Waals surface area contributed by atoms with Gasteiger partial charge in [0, 0.05) is 54.9 Å². The summed E-state index contributed by atoms with van der Waals surface area (Å²) in [6.07, 6.45) is 1.33. The van der Waals surface area contributed by atoms with Crippen molar-refractivity contribution in [2.75, 3.05) is 33.2 Å². The van der Waals surface area contributed by atoms with Crippen molar-refractivity contribution in [3.63, 3.8) is 0 Å². The number of carbonyl (C=O) groups is 1. The first-order chi connectivity index (χ1) is 14.4. The molecule has 1 amide bonds. The number of hydrogen-bond donors (Lipinski definition) is 1.